The predicted octanol–water partition coefficient (Wildman–Crippen LogP) is 4.01. The molecule has 0 aliphatic heterocycles. The van der Waals surface area contributed by atoms with Crippen molar-refractivity contribution >= 4 is 0 Å². The largest absolute Gasteiger partial charge is 0.504 e. The molecule has 16 heavy (non-hydrogen) atoms. The number of rotatable bonds is 0. The third kappa shape index (κ3) is 4.01. The number of hydrogen-bond donors (Lipinski definition) is 3. The normalized spacial score (nSPS) is 9.44. The first-order valence-electron chi connectivity index (χ1n) is 4.08. The number of hydrogen-bond acceptors (Lipinski definition) is 3. The van der Waals surface area contributed by atoms with Gasteiger partial charge in [-0.2, -0.15) is 0 Å². The molecule has 0 saturated heterocycles. The van der Waals surface area contributed by atoms with E-state index in [1.807, 2.05) is 20.8 Å². The Hall–Kier alpha value is -1.38. The molecule has 1 aromatic carbocycles. The monoisotopic (exact) mass is 230 g/mol. The summed E-state index contributed by atoms with van der Waals surface area (Å²) in [5.74, 6) is -1.04. The summed E-state index contributed by atoms with van der Waals surface area (Å²) >= 11 is 0. The average molecular weight is 230 g/mol. The molecule has 3 heteroatoms. The maximum Gasteiger partial charge on any atom is 0.200 e. The zero-order chi connectivity index (χ0) is 10.2. The Kier molecular flexibility index (Phi) is 7.85. The number of benzene rings is 1. The topological polar surface area (TPSA) is 60.7 Å². The van der Waals surface area contributed by atoms with Crippen LogP contribution in [0.5, 0.6) is 17.2 Å². The summed E-state index contributed by atoms with van der Waals surface area (Å²) in [6.07, 6.45) is 0. The molecule has 0 amide bonds. The number of phenols is 3. The smallest absolute Gasteiger partial charge is 0.200 e. The second kappa shape index (κ2) is 6.26. The zero-order valence-electron chi connectivity index (χ0n) is 8.00. The van der Waals surface area contributed by atoms with Crippen molar-refractivity contribution in [3.63, 3.8) is 0 Å². The Balaban J connectivity index is -0.000000563. The summed E-state index contributed by atoms with van der Waals surface area (Å²) in [6, 6.07) is 2.91. The molecule has 1 aromatic rings. The van der Waals surface area contributed by atoms with Gasteiger partial charge in [0.25, 0.3) is 0 Å². The van der Waals surface area contributed by atoms with Crippen LogP contribution in [-0.2, 0) is 5.41 Å². The zero-order valence-corrected chi connectivity index (χ0v) is 8.00. The Morgan fingerprint density at radius 2 is 1.12 bits per heavy atom. The molecule has 0 aliphatic rings. The highest BCUT2D eigenvalue weighted by Gasteiger charge is 2.17. The molecule has 0 heterocycles. The molecule has 0 aliphatic carbocycles. The van der Waals surface area contributed by atoms with Crippen LogP contribution in [0.1, 0.15) is 48.6 Å². The van der Waals surface area contributed by atoms with E-state index in [1.54, 1.807) is 0 Å². The molecule has 3 nitrogen and oxygen atoms in total. The molecule has 1 rings (SSSR count). The van der Waals surface area contributed by atoms with Crippen LogP contribution in [-0.4, -0.2) is 15.3 Å². The molecule has 0 saturated carbocycles. The van der Waals surface area contributed by atoms with Crippen LogP contribution >= 0.6 is 0 Å². The van der Waals surface area contributed by atoms with Gasteiger partial charge in [-0.1, -0.05) is 43.1 Å². The van der Waals surface area contributed by atoms with Gasteiger partial charge in [0.2, 0.25) is 0 Å². The summed E-state index contributed by atoms with van der Waals surface area (Å²) in [5.41, 5.74) is 0.614. The van der Waals surface area contributed by atoms with Gasteiger partial charge in [-0.15, -0.1) is 0 Å². The average Bonchev–Trinajstić information content (AvgIpc) is 1.97. The summed E-state index contributed by atoms with van der Waals surface area (Å²) in [4.78, 5) is 0. The first-order valence-corrected chi connectivity index (χ1v) is 4.08. The van der Waals surface area contributed by atoms with Crippen molar-refractivity contribution in [3.05, 3.63) is 17.7 Å². The van der Waals surface area contributed by atoms with Crippen LogP contribution in [0.4, 0.5) is 0 Å². The van der Waals surface area contributed by atoms with Crippen molar-refractivity contribution in [3.8, 4) is 17.2 Å². The molecule has 0 radical (unpaired) electrons. The first-order chi connectivity index (χ1) is 5.82. The molecule has 0 aromatic heterocycles. The third-order valence-electron chi connectivity index (χ3n) is 1.94. The fraction of sp³-hybridized carbons (Fsp3) is 0.538. The SMILES string of the molecule is C.C.C.CC(C)(C)c1cc(O)c(O)c(O)c1. The Bertz CT molecular complexity index is 301. The van der Waals surface area contributed by atoms with Gasteiger partial charge < -0.3 is 15.3 Å². The summed E-state index contributed by atoms with van der Waals surface area (Å²) in [5, 5.41) is 27.6. The van der Waals surface area contributed by atoms with E-state index in [9.17, 15) is 10.2 Å². The highest BCUT2D eigenvalue weighted by atomic mass is 16.3. The lowest BCUT2D eigenvalue weighted by molar-refractivity contribution is 0.365. The van der Waals surface area contributed by atoms with E-state index in [4.69, 9.17) is 5.11 Å². The van der Waals surface area contributed by atoms with Gasteiger partial charge in [-0.05, 0) is 23.1 Å². The molecule has 0 atom stereocenters. The lowest BCUT2D eigenvalue weighted by Crippen LogP contribution is -2.10. The quantitative estimate of drug-likeness (QED) is 0.590. The van der Waals surface area contributed by atoms with Gasteiger partial charge in [0, 0.05) is 0 Å². The van der Waals surface area contributed by atoms with Gasteiger partial charge >= 0.3 is 0 Å². The number of phenolic OH excluding ortho intramolecular Hbond substituents is 3. The van der Waals surface area contributed by atoms with E-state index in [0.717, 1.165) is 5.56 Å². The van der Waals surface area contributed by atoms with E-state index < -0.39 is 5.75 Å². The van der Waals surface area contributed by atoms with E-state index in [1.165, 1.54) is 12.1 Å². The van der Waals surface area contributed by atoms with Crippen molar-refractivity contribution in [1.82, 2.24) is 0 Å². The van der Waals surface area contributed by atoms with Gasteiger partial charge in [0.1, 0.15) is 0 Å². The maximum atomic E-state index is 9.23. The minimum Gasteiger partial charge on any atom is -0.504 e. The second-order valence-electron chi connectivity index (χ2n) is 4.11. The van der Waals surface area contributed by atoms with Crippen LogP contribution in [0.2, 0.25) is 0 Å². The lowest BCUT2D eigenvalue weighted by Gasteiger charge is -2.19. The minimum absolute atomic E-state index is 0. The van der Waals surface area contributed by atoms with Crippen LogP contribution < -0.4 is 0 Å². The molecule has 0 unspecified atom stereocenters. The van der Waals surface area contributed by atoms with Crippen LogP contribution in [0.15, 0.2) is 12.1 Å². The van der Waals surface area contributed by atoms with Crippen LogP contribution in [0.3, 0.4) is 0 Å². The maximum absolute atomic E-state index is 9.23. The van der Waals surface area contributed by atoms with Gasteiger partial charge in [0.05, 0.1) is 0 Å². The van der Waals surface area contributed by atoms with Gasteiger partial charge in [-0.3, -0.25) is 0 Å². The van der Waals surface area contributed by atoms with Crippen LogP contribution in [0, 0.1) is 0 Å². The molecule has 96 valence electrons. The van der Waals surface area contributed by atoms with Crippen molar-refractivity contribution in [2.75, 3.05) is 0 Å². The van der Waals surface area contributed by atoms with Gasteiger partial charge in [0.15, 0.2) is 17.2 Å². The summed E-state index contributed by atoms with van der Waals surface area (Å²) in [7, 11) is 0. The third-order valence-corrected chi connectivity index (χ3v) is 1.94. The standard InChI is InChI=1S/C10H14O3.3CH4/c1-10(2,3)6-4-7(11)9(13)8(12)5-6;;;/h4-5,11-13H,1-3H3;3*1H4. The highest BCUT2D eigenvalue weighted by Crippen LogP contribution is 2.38. The first kappa shape index (κ1) is 20.1. The number of aromatic hydroxyl groups is 3. The van der Waals surface area contributed by atoms with E-state index in [-0.39, 0.29) is 39.2 Å². The molecule has 0 spiro atoms. The molecular weight excluding hydrogens is 204 g/mol. The summed E-state index contributed by atoms with van der Waals surface area (Å²) < 4.78 is 0. The predicted molar refractivity (Wildman–Crippen MR) is 70.3 cm³/mol. The minimum atomic E-state index is -0.465. The van der Waals surface area contributed by atoms with E-state index >= 15 is 0 Å². The fourth-order valence-electron chi connectivity index (χ4n) is 1.04. The Morgan fingerprint density at radius 3 is 1.38 bits per heavy atom. The summed E-state index contributed by atoms with van der Waals surface area (Å²) in [6.45, 7) is 5.87. The highest BCUT2D eigenvalue weighted by molar-refractivity contribution is 5.52. The van der Waals surface area contributed by atoms with E-state index in [2.05, 4.69) is 0 Å². The molecule has 0 bridgehead atoms. The molecule has 0 fully saturated rings. The van der Waals surface area contributed by atoms with E-state index in [0.29, 0.717) is 0 Å². The molecule has 3 N–H and O–H groups in total. The van der Waals surface area contributed by atoms with Crippen LogP contribution in [0.25, 0.3) is 0 Å². The second-order valence-corrected chi connectivity index (χ2v) is 4.11. The lowest BCUT2D eigenvalue weighted by atomic mass is 9.87. The fourth-order valence-corrected chi connectivity index (χ4v) is 1.04. The Morgan fingerprint density at radius 1 is 0.812 bits per heavy atom. The van der Waals surface area contributed by atoms with Crippen molar-refractivity contribution in [1.29, 1.82) is 0 Å². The van der Waals surface area contributed by atoms with Crippen molar-refractivity contribution in [2.24, 2.45) is 0 Å². The van der Waals surface area contributed by atoms with Gasteiger partial charge in [-0.25, -0.2) is 0 Å². The Labute approximate surface area is 99.4 Å². The molecular formula is C13H26O3. The van der Waals surface area contributed by atoms with Crippen molar-refractivity contribution in [2.45, 2.75) is 48.5 Å². The van der Waals surface area contributed by atoms with Crippen molar-refractivity contribution < 1.29 is 15.3 Å².